The Balaban J connectivity index is 1.86. The lowest BCUT2D eigenvalue weighted by atomic mass is 10.1. The van der Waals surface area contributed by atoms with E-state index in [1.54, 1.807) is 6.92 Å². The van der Waals surface area contributed by atoms with E-state index in [4.69, 9.17) is 10.5 Å². The number of amides is 1. The van der Waals surface area contributed by atoms with Crippen molar-refractivity contribution in [1.29, 1.82) is 0 Å². The Morgan fingerprint density at radius 1 is 1.10 bits per heavy atom. The highest BCUT2D eigenvalue weighted by molar-refractivity contribution is 8.00. The van der Waals surface area contributed by atoms with Crippen molar-refractivity contribution in [3.8, 4) is 5.75 Å². The van der Waals surface area contributed by atoms with E-state index in [9.17, 15) is 4.79 Å². The molecule has 1 amide bonds. The number of carbonyl (C=O) groups is 1. The van der Waals surface area contributed by atoms with Gasteiger partial charge in [0.15, 0.2) is 11.0 Å². The van der Waals surface area contributed by atoms with Gasteiger partial charge < -0.3 is 10.5 Å². The summed E-state index contributed by atoms with van der Waals surface area (Å²) in [4.78, 5) is 11.5. The number of benzene rings is 2. The molecule has 0 radical (unpaired) electrons. The molecule has 0 unspecified atom stereocenters. The summed E-state index contributed by atoms with van der Waals surface area (Å²) in [6.07, 6.45) is 0.988. The topological polar surface area (TPSA) is 83.0 Å². The average molecular weight is 411 g/mol. The van der Waals surface area contributed by atoms with Crippen LogP contribution in [0.4, 0.5) is 0 Å². The molecule has 0 fully saturated rings. The molecule has 1 heterocycles. The minimum absolute atomic E-state index is 0.0187. The maximum Gasteiger partial charge on any atom is 0.230 e. The average Bonchev–Trinajstić information content (AvgIpc) is 3.14. The van der Waals surface area contributed by atoms with Crippen molar-refractivity contribution in [3.63, 3.8) is 0 Å². The number of carbonyl (C=O) groups excluding carboxylic acids is 1. The third kappa shape index (κ3) is 5.17. The van der Waals surface area contributed by atoms with Crippen LogP contribution in [-0.4, -0.2) is 25.9 Å². The Morgan fingerprint density at radius 3 is 2.41 bits per heavy atom. The van der Waals surface area contributed by atoms with Gasteiger partial charge in [-0.25, -0.2) is 0 Å². The minimum Gasteiger partial charge on any atom is -0.486 e. The lowest BCUT2D eigenvalue weighted by molar-refractivity contribution is -0.117. The number of primary amides is 1. The van der Waals surface area contributed by atoms with Crippen molar-refractivity contribution >= 4 is 17.7 Å². The Hall–Kier alpha value is -2.80. The molecule has 7 heteroatoms. The fourth-order valence-electron chi connectivity index (χ4n) is 2.94. The lowest BCUT2D eigenvalue weighted by Gasteiger charge is -2.19. The lowest BCUT2D eigenvalue weighted by Crippen LogP contribution is -2.23. The first-order valence-electron chi connectivity index (χ1n) is 9.66. The van der Waals surface area contributed by atoms with Crippen LogP contribution in [0.2, 0.25) is 0 Å². The van der Waals surface area contributed by atoms with Gasteiger partial charge in [0.05, 0.1) is 11.3 Å². The van der Waals surface area contributed by atoms with Gasteiger partial charge in [0, 0.05) is 0 Å². The first kappa shape index (κ1) is 20.9. The molecule has 0 bridgehead atoms. The summed E-state index contributed by atoms with van der Waals surface area (Å²) < 4.78 is 7.97. The maximum absolute atomic E-state index is 11.5. The number of aryl methyl sites for hydroxylation is 1. The summed E-state index contributed by atoms with van der Waals surface area (Å²) in [6.45, 7) is 6.25. The number of nitrogens with two attached hydrogens (primary N) is 1. The summed E-state index contributed by atoms with van der Waals surface area (Å²) >= 11 is 1.31. The molecule has 1 aromatic heterocycles. The molecule has 29 heavy (non-hydrogen) atoms. The number of rotatable bonds is 9. The summed E-state index contributed by atoms with van der Waals surface area (Å²) in [7, 11) is 0. The normalized spacial score (nSPS) is 13.1. The Kier molecular flexibility index (Phi) is 6.93. The fraction of sp³-hybridized carbons (Fsp3) is 0.318. The zero-order valence-electron chi connectivity index (χ0n) is 16.9. The molecule has 3 aromatic rings. The molecule has 0 saturated heterocycles. The van der Waals surface area contributed by atoms with Gasteiger partial charge in [-0.3, -0.25) is 9.36 Å². The van der Waals surface area contributed by atoms with Crippen molar-refractivity contribution < 1.29 is 9.53 Å². The largest absolute Gasteiger partial charge is 0.486 e. The maximum atomic E-state index is 11.5. The van der Waals surface area contributed by atoms with Crippen LogP contribution in [0.15, 0.2) is 59.8 Å². The van der Waals surface area contributed by atoms with E-state index in [1.165, 1.54) is 17.3 Å². The first-order chi connectivity index (χ1) is 14.0. The molecule has 2 aromatic carbocycles. The van der Waals surface area contributed by atoms with Gasteiger partial charge in [-0.15, -0.1) is 10.2 Å². The smallest absolute Gasteiger partial charge is 0.230 e. The van der Waals surface area contributed by atoms with Crippen LogP contribution in [0, 0.1) is 0 Å². The van der Waals surface area contributed by atoms with E-state index in [2.05, 4.69) is 48.3 Å². The third-order valence-corrected chi connectivity index (χ3v) is 5.86. The van der Waals surface area contributed by atoms with Crippen molar-refractivity contribution in [1.82, 2.24) is 14.8 Å². The van der Waals surface area contributed by atoms with Crippen LogP contribution in [0.5, 0.6) is 5.75 Å². The number of thioether (sulfide) groups is 1. The molecule has 0 aliphatic carbocycles. The van der Waals surface area contributed by atoms with Crippen molar-refractivity contribution in [3.05, 3.63) is 71.5 Å². The molecular weight excluding hydrogens is 384 g/mol. The van der Waals surface area contributed by atoms with Crippen LogP contribution in [0.1, 0.15) is 43.8 Å². The quantitative estimate of drug-likeness (QED) is 0.539. The second-order valence-electron chi connectivity index (χ2n) is 6.80. The second kappa shape index (κ2) is 9.60. The Morgan fingerprint density at radius 2 is 1.79 bits per heavy atom. The molecular formula is C22H26N4O2S. The van der Waals surface area contributed by atoms with E-state index in [0.29, 0.717) is 11.0 Å². The predicted molar refractivity (Wildman–Crippen MR) is 115 cm³/mol. The first-order valence-corrected chi connectivity index (χ1v) is 10.5. The van der Waals surface area contributed by atoms with Gasteiger partial charge in [0.1, 0.15) is 12.4 Å². The standard InChI is InChI=1S/C22H26N4O2S/c1-4-17-10-12-19(13-11-17)28-14-20-24-25-22(29-16(3)21(23)27)26(20)15(2)18-8-6-5-7-9-18/h5-13,15-16H,4,14H2,1-3H3,(H2,23,27)/t15-,16-/m1/s1. The summed E-state index contributed by atoms with van der Waals surface area (Å²) in [5.41, 5.74) is 7.83. The highest BCUT2D eigenvalue weighted by Gasteiger charge is 2.22. The molecule has 2 N–H and O–H groups in total. The van der Waals surface area contributed by atoms with Crippen LogP contribution in [-0.2, 0) is 17.8 Å². The SMILES string of the molecule is CCc1ccc(OCc2nnc(S[C@H](C)C(N)=O)n2[C@H](C)c2ccccc2)cc1. The highest BCUT2D eigenvalue weighted by atomic mass is 32.2. The summed E-state index contributed by atoms with van der Waals surface area (Å²) in [5, 5.41) is 8.89. The Bertz CT molecular complexity index is 941. The van der Waals surface area contributed by atoms with Crippen molar-refractivity contribution in [2.45, 2.75) is 50.2 Å². The van der Waals surface area contributed by atoms with Crippen LogP contribution in [0.3, 0.4) is 0 Å². The highest BCUT2D eigenvalue weighted by Crippen LogP contribution is 2.29. The molecule has 0 saturated carbocycles. The molecule has 3 rings (SSSR count). The van der Waals surface area contributed by atoms with Crippen LogP contribution >= 0.6 is 11.8 Å². The van der Waals surface area contributed by atoms with E-state index < -0.39 is 5.25 Å². The van der Waals surface area contributed by atoms with Gasteiger partial charge in [0.25, 0.3) is 0 Å². The van der Waals surface area contributed by atoms with Gasteiger partial charge in [0.2, 0.25) is 5.91 Å². The molecule has 2 atom stereocenters. The van der Waals surface area contributed by atoms with Crippen LogP contribution in [0.25, 0.3) is 0 Å². The Labute approximate surface area is 175 Å². The zero-order chi connectivity index (χ0) is 20.8. The molecule has 6 nitrogen and oxygen atoms in total. The molecule has 152 valence electrons. The fourth-order valence-corrected chi connectivity index (χ4v) is 3.84. The minimum atomic E-state index is -0.406. The number of nitrogens with zero attached hydrogens (tertiary/aromatic N) is 3. The monoisotopic (exact) mass is 410 g/mol. The molecule has 0 spiro atoms. The number of hydrogen-bond acceptors (Lipinski definition) is 5. The third-order valence-electron chi connectivity index (χ3n) is 4.79. The second-order valence-corrected chi connectivity index (χ2v) is 8.11. The summed E-state index contributed by atoms with van der Waals surface area (Å²) in [5.74, 6) is 1.09. The molecule has 0 aliphatic rings. The number of hydrogen-bond donors (Lipinski definition) is 1. The van der Waals surface area contributed by atoms with E-state index in [-0.39, 0.29) is 18.6 Å². The van der Waals surface area contributed by atoms with E-state index in [0.717, 1.165) is 17.7 Å². The van der Waals surface area contributed by atoms with Gasteiger partial charge in [-0.2, -0.15) is 0 Å². The van der Waals surface area contributed by atoms with Crippen LogP contribution < -0.4 is 10.5 Å². The number of aromatic nitrogens is 3. The van der Waals surface area contributed by atoms with E-state index in [1.807, 2.05) is 34.9 Å². The van der Waals surface area contributed by atoms with Crippen molar-refractivity contribution in [2.24, 2.45) is 5.73 Å². The van der Waals surface area contributed by atoms with E-state index >= 15 is 0 Å². The predicted octanol–water partition coefficient (Wildman–Crippen LogP) is 3.99. The zero-order valence-corrected chi connectivity index (χ0v) is 17.7. The number of ether oxygens (including phenoxy) is 1. The van der Waals surface area contributed by atoms with Gasteiger partial charge in [-0.1, -0.05) is 61.2 Å². The van der Waals surface area contributed by atoms with Crippen molar-refractivity contribution in [2.75, 3.05) is 0 Å². The molecule has 0 aliphatic heterocycles. The van der Waals surface area contributed by atoms with Gasteiger partial charge >= 0.3 is 0 Å². The summed E-state index contributed by atoms with van der Waals surface area (Å²) in [6, 6.07) is 18.1. The van der Waals surface area contributed by atoms with Gasteiger partial charge in [-0.05, 0) is 43.5 Å².